The number of rotatable bonds is 6. The van der Waals surface area contributed by atoms with Gasteiger partial charge in [-0.25, -0.2) is 8.42 Å². The fourth-order valence-electron chi connectivity index (χ4n) is 1.85. The van der Waals surface area contributed by atoms with Crippen molar-refractivity contribution >= 4 is 44.8 Å². The van der Waals surface area contributed by atoms with Crippen molar-refractivity contribution in [1.29, 1.82) is 0 Å². The molecule has 0 saturated carbocycles. The Morgan fingerprint density at radius 2 is 1.85 bits per heavy atom. The molecule has 0 unspecified atom stereocenters. The minimum absolute atomic E-state index is 0.0183. The van der Waals surface area contributed by atoms with E-state index < -0.39 is 10.0 Å². The summed E-state index contributed by atoms with van der Waals surface area (Å²) in [4.78, 5) is 0.0183. The van der Waals surface area contributed by atoms with Crippen molar-refractivity contribution < 1.29 is 8.42 Å². The number of sulfonamides is 1. The maximum atomic E-state index is 12.7. The number of alkyl halides is 1. The van der Waals surface area contributed by atoms with E-state index in [1.165, 1.54) is 10.4 Å². The molecule has 0 heterocycles. The highest BCUT2D eigenvalue weighted by atomic mass is 35.5. The minimum atomic E-state index is -3.67. The van der Waals surface area contributed by atoms with Crippen LogP contribution in [0.15, 0.2) is 17.0 Å². The summed E-state index contributed by atoms with van der Waals surface area (Å²) in [6, 6.07) is 2.95. The molecular formula is C13H18Cl3NO2S. The summed E-state index contributed by atoms with van der Waals surface area (Å²) in [6.45, 7) is 6.52. The van der Waals surface area contributed by atoms with Crippen LogP contribution in [0.25, 0.3) is 0 Å². The Morgan fingerprint density at radius 1 is 1.25 bits per heavy atom. The van der Waals surface area contributed by atoms with Crippen molar-refractivity contribution in [1.82, 2.24) is 4.31 Å². The van der Waals surface area contributed by atoms with E-state index >= 15 is 0 Å². The summed E-state index contributed by atoms with van der Waals surface area (Å²) < 4.78 is 26.8. The second-order valence-electron chi connectivity index (χ2n) is 4.86. The number of hydrogen-bond acceptors (Lipinski definition) is 2. The number of nitrogens with zero attached hydrogens (tertiary/aromatic N) is 1. The Bertz CT molecular complexity index is 573. The van der Waals surface area contributed by atoms with Gasteiger partial charge in [0.15, 0.2) is 0 Å². The van der Waals surface area contributed by atoms with Gasteiger partial charge >= 0.3 is 0 Å². The highest BCUT2D eigenvalue weighted by molar-refractivity contribution is 7.89. The third kappa shape index (κ3) is 4.01. The van der Waals surface area contributed by atoms with Crippen molar-refractivity contribution in [2.75, 3.05) is 13.1 Å². The number of hydrogen-bond donors (Lipinski definition) is 0. The molecular weight excluding hydrogens is 341 g/mol. The van der Waals surface area contributed by atoms with Gasteiger partial charge in [-0.05, 0) is 23.6 Å². The van der Waals surface area contributed by atoms with Crippen LogP contribution in [-0.2, 0) is 15.9 Å². The third-order valence-electron chi connectivity index (χ3n) is 2.76. The average molecular weight is 359 g/mol. The van der Waals surface area contributed by atoms with Crippen LogP contribution in [0.3, 0.4) is 0 Å². The summed E-state index contributed by atoms with van der Waals surface area (Å²) in [7, 11) is -3.67. The second-order valence-corrected chi connectivity index (χ2v) is 7.85. The lowest BCUT2D eigenvalue weighted by Crippen LogP contribution is -2.34. The van der Waals surface area contributed by atoms with Crippen LogP contribution in [0.4, 0.5) is 0 Å². The van der Waals surface area contributed by atoms with Crippen LogP contribution >= 0.6 is 34.8 Å². The smallest absolute Gasteiger partial charge is 0.207 e. The second kappa shape index (κ2) is 7.32. The molecule has 0 aromatic heterocycles. The molecule has 1 aromatic carbocycles. The van der Waals surface area contributed by atoms with Crippen molar-refractivity contribution in [2.24, 2.45) is 5.92 Å². The van der Waals surface area contributed by atoms with Gasteiger partial charge in [0.25, 0.3) is 0 Å². The summed E-state index contributed by atoms with van der Waals surface area (Å²) in [5.41, 5.74) is 0.514. The van der Waals surface area contributed by atoms with E-state index in [0.717, 1.165) is 0 Å². The van der Waals surface area contributed by atoms with Gasteiger partial charge < -0.3 is 0 Å². The molecule has 1 aromatic rings. The standard InChI is InChI=1S/C13H18Cl3NO2S/c1-4-17(8-9(2)3)20(18,19)12-6-11(15)5-10(7-14)13(12)16/h5-6,9H,4,7-8H2,1-3H3. The molecule has 0 radical (unpaired) electrons. The molecule has 1 rings (SSSR count). The van der Waals surface area contributed by atoms with Crippen LogP contribution in [0.5, 0.6) is 0 Å². The fraction of sp³-hybridized carbons (Fsp3) is 0.538. The lowest BCUT2D eigenvalue weighted by molar-refractivity contribution is 0.381. The van der Waals surface area contributed by atoms with Crippen molar-refractivity contribution in [3.05, 3.63) is 27.7 Å². The Kier molecular flexibility index (Phi) is 6.61. The molecule has 0 aliphatic heterocycles. The van der Waals surface area contributed by atoms with Crippen LogP contribution in [-0.4, -0.2) is 25.8 Å². The molecule has 0 N–H and O–H groups in total. The van der Waals surface area contributed by atoms with E-state index in [2.05, 4.69) is 0 Å². The van der Waals surface area contributed by atoms with Gasteiger partial charge in [0.2, 0.25) is 10.0 Å². The van der Waals surface area contributed by atoms with E-state index in [9.17, 15) is 8.42 Å². The summed E-state index contributed by atoms with van der Waals surface area (Å²) >= 11 is 17.9. The largest absolute Gasteiger partial charge is 0.244 e. The van der Waals surface area contributed by atoms with Crippen LogP contribution in [0.2, 0.25) is 10.0 Å². The van der Waals surface area contributed by atoms with E-state index in [1.807, 2.05) is 13.8 Å². The van der Waals surface area contributed by atoms with Gasteiger partial charge in [-0.1, -0.05) is 44.0 Å². The highest BCUT2D eigenvalue weighted by Gasteiger charge is 2.27. The van der Waals surface area contributed by atoms with E-state index in [0.29, 0.717) is 23.7 Å². The highest BCUT2D eigenvalue weighted by Crippen LogP contribution is 2.32. The Balaban J connectivity index is 3.37. The Hall–Kier alpha value is -0.000000000000000111. The zero-order chi connectivity index (χ0) is 15.5. The van der Waals surface area contributed by atoms with Gasteiger partial charge in [-0.15, -0.1) is 11.6 Å². The molecule has 7 heteroatoms. The summed E-state index contributed by atoms with van der Waals surface area (Å²) in [5.74, 6) is 0.327. The molecule has 0 bridgehead atoms. The minimum Gasteiger partial charge on any atom is -0.207 e. The SMILES string of the molecule is CCN(CC(C)C)S(=O)(=O)c1cc(Cl)cc(CCl)c1Cl. The van der Waals surface area contributed by atoms with Gasteiger partial charge in [0.1, 0.15) is 4.90 Å². The Morgan fingerprint density at radius 3 is 2.30 bits per heavy atom. The fourth-order valence-corrected chi connectivity index (χ4v) is 4.65. The molecule has 0 amide bonds. The first kappa shape index (κ1) is 18.1. The molecule has 0 atom stereocenters. The summed E-state index contributed by atoms with van der Waals surface area (Å²) in [5, 5.41) is 0.454. The van der Waals surface area contributed by atoms with Crippen LogP contribution < -0.4 is 0 Å². The topological polar surface area (TPSA) is 37.4 Å². The predicted molar refractivity (Wildman–Crippen MR) is 85.3 cm³/mol. The molecule has 0 saturated heterocycles. The molecule has 0 aliphatic rings. The molecule has 114 valence electrons. The van der Waals surface area contributed by atoms with Crippen LogP contribution in [0, 0.1) is 5.92 Å². The zero-order valence-corrected chi connectivity index (χ0v) is 14.7. The zero-order valence-electron chi connectivity index (χ0n) is 11.7. The van der Waals surface area contributed by atoms with Gasteiger partial charge in [0, 0.05) is 24.0 Å². The molecule has 3 nitrogen and oxygen atoms in total. The van der Waals surface area contributed by atoms with Gasteiger partial charge in [0.05, 0.1) is 5.02 Å². The summed E-state index contributed by atoms with van der Waals surface area (Å²) in [6.07, 6.45) is 0. The van der Waals surface area contributed by atoms with E-state index in [4.69, 9.17) is 34.8 Å². The molecule has 0 aliphatic carbocycles. The third-order valence-corrected chi connectivity index (χ3v) is 5.79. The average Bonchev–Trinajstić information content (AvgIpc) is 2.37. The quantitative estimate of drug-likeness (QED) is 0.707. The monoisotopic (exact) mass is 357 g/mol. The van der Waals surface area contributed by atoms with Gasteiger partial charge in [-0.3, -0.25) is 0 Å². The predicted octanol–water partition coefficient (Wildman–Crippen LogP) is 4.40. The first-order valence-corrected chi connectivity index (χ1v) is 9.01. The maximum absolute atomic E-state index is 12.7. The molecule has 0 spiro atoms. The number of halogens is 3. The van der Waals surface area contributed by atoms with Crippen molar-refractivity contribution in [2.45, 2.75) is 31.5 Å². The van der Waals surface area contributed by atoms with Gasteiger partial charge in [-0.2, -0.15) is 4.31 Å². The molecule has 0 fully saturated rings. The molecule has 20 heavy (non-hydrogen) atoms. The van der Waals surface area contributed by atoms with Crippen LogP contribution in [0.1, 0.15) is 26.3 Å². The normalized spacial score (nSPS) is 12.4. The lowest BCUT2D eigenvalue weighted by atomic mass is 10.2. The number of benzene rings is 1. The first-order valence-electron chi connectivity index (χ1n) is 6.28. The van der Waals surface area contributed by atoms with E-state index in [1.54, 1.807) is 13.0 Å². The van der Waals surface area contributed by atoms with E-state index in [-0.39, 0.29) is 21.7 Å². The maximum Gasteiger partial charge on any atom is 0.244 e. The van der Waals surface area contributed by atoms with Crippen molar-refractivity contribution in [3.8, 4) is 0 Å². The lowest BCUT2D eigenvalue weighted by Gasteiger charge is -2.23. The van der Waals surface area contributed by atoms with Crippen molar-refractivity contribution in [3.63, 3.8) is 0 Å². The first-order chi connectivity index (χ1) is 9.23. The Labute approximate surface area is 135 Å².